The Labute approximate surface area is 95.8 Å². The highest BCUT2D eigenvalue weighted by atomic mass is 16.5. The minimum absolute atomic E-state index is 0.382. The molecule has 2 aliphatic carbocycles. The second-order valence-corrected chi connectivity index (χ2v) is 5.77. The zero-order valence-corrected chi connectivity index (χ0v) is 9.99. The molecule has 3 rings (SSSR count). The molecule has 1 unspecified atom stereocenters. The van der Waals surface area contributed by atoms with Gasteiger partial charge in [-0.2, -0.15) is 4.98 Å². The molecule has 1 heterocycles. The minimum Gasteiger partial charge on any atom is -0.339 e. The molecule has 0 aliphatic heterocycles. The Balaban J connectivity index is 1.52. The first-order valence-corrected chi connectivity index (χ1v) is 6.21. The Morgan fingerprint density at radius 1 is 1.44 bits per heavy atom. The van der Waals surface area contributed by atoms with Gasteiger partial charge in [0, 0.05) is 24.9 Å². The predicted molar refractivity (Wildman–Crippen MR) is 60.2 cm³/mol. The van der Waals surface area contributed by atoms with Crippen LogP contribution in [0.4, 0.5) is 0 Å². The summed E-state index contributed by atoms with van der Waals surface area (Å²) >= 11 is 0. The van der Waals surface area contributed by atoms with Crippen molar-refractivity contribution in [1.29, 1.82) is 0 Å². The van der Waals surface area contributed by atoms with Crippen LogP contribution in [0.15, 0.2) is 4.52 Å². The number of nitrogens with zero attached hydrogens (tertiary/aromatic N) is 2. The topological polar surface area (TPSA) is 51.0 Å². The van der Waals surface area contributed by atoms with Crippen LogP contribution in [0.1, 0.15) is 50.7 Å². The fraction of sp³-hybridized carbons (Fsp3) is 0.833. The van der Waals surface area contributed by atoms with Gasteiger partial charge in [-0.05, 0) is 24.7 Å². The average molecular weight is 221 g/mol. The van der Waals surface area contributed by atoms with Gasteiger partial charge >= 0.3 is 0 Å². The van der Waals surface area contributed by atoms with Gasteiger partial charge in [-0.25, -0.2) is 0 Å². The Morgan fingerprint density at radius 2 is 2.19 bits per heavy atom. The van der Waals surface area contributed by atoms with Crippen LogP contribution in [0, 0.1) is 5.41 Å². The van der Waals surface area contributed by atoms with Gasteiger partial charge in [0.2, 0.25) is 5.89 Å². The van der Waals surface area contributed by atoms with Crippen molar-refractivity contribution in [1.82, 2.24) is 15.5 Å². The lowest BCUT2D eigenvalue weighted by Gasteiger charge is -1.97. The normalized spacial score (nSPS) is 27.0. The Hall–Kier alpha value is -0.900. The molecule has 1 atom stereocenters. The molecule has 0 aromatic carbocycles. The van der Waals surface area contributed by atoms with E-state index in [1.165, 1.54) is 19.3 Å². The Bertz CT molecular complexity index is 381. The lowest BCUT2D eigenvalue weighted by molar-refractivity contribution is 0.369. The van der Waals surface area contributed by atoms with Crippen LogP contribution in [0.2, 0.25) is 0 Å². The van der Waals surface area contributed by atoms with Crippen LogP contribution >= 0.6 is 0 Å². The molecule has 2 saturated carbocycles. The van der Waals surface area contributed by atoms with Gasteiger partial charge in [-0.1, -0.05) is 19.0 Å². The maximum atomic E-state index is 5.26. The fourth-order valence-corrected chi connectivity index (χ4v) is 2.09. The lowest BCUT2D eigenvalue weighted by Crippen LogP contribution is -2.19. The zero-order chi connectivity index (χ0) is 11.2. The third-order valence-electron chi connectivity index (χ3n) is 3.66. The number of hydrogen-bond donors (Lipinski definition) is 1. The van der Waals surface area contributed by atoms with Gasteiger partial charge in [-0.15, -0.1) is 0 Å². The van der Waals surface area contributed by atoms with Crippen molar-refractivity contribution in [2.45, 2.75) is 51.5 Å². The second kappa shape index (κ2) is 3.55. The van der Waals surface area contributed by atoms with E-state index in [4.69, 9.17) is 4.52 Å². The monoisotopic (exact) mass is 221 g/mol. The molecule has 2 aliphatic rings. The summed E-state index contributed by atoms with van der Waals surface area (Å²) in [4.78, 5) is 4.47. The van der Waals surface area contributed by atoms with E-state index in [9.17, 15) is 0 Å². The minimum atomic E-state index is 0.382. The van der Waals surface area contributed by atoms with Crippen molar-refractivity contribution < 1.29 is 4.52 Å². The molecule has 0 bridgehead atoms. The van der Waals surface area contributed by atoms with Gasteiger partial charge in [0.1, 0.15) is 0 Å². The third kappa shape index (κ3) is 2.12. The molecule has 1 N–H and O–H groups in total. The molecule has 4 heteroatoms. The summed E-state index contributed by atoms with van der Waals surface area (Å²) in [6.45, 7) is 5.46. The van der Waals surface area contributed by atoms with Gasteiger partial charge in [0.15, 0.2) is 5.82 Å². The first-order chi connectivity index (χ1) is 7.65. The van der Waals surface area contributed by atoms with E-state index in [2.05, 4.69) is 29.3 Å². The van der Waals surface area contributed by atoms with E-state index in [-0.39, 0.29) is 0 Å². The largest absolute Gasteiger partial charge is 0.339 e. The van der Waals surface area contributed by atoms with Crippen LogP contribution in [0.3, 0.4) is 0 Å². The van der Waals surface area contributed by atoms with Crippen molar-refractivity contribution in [3.63, 3.8) is 0 Å². The second-order valence-electron chi connectivity index (χ2n) is 5.77. The summed E-state index contributed by atoms with van der Waals surface area (Å²) in [5.74, 6) is 2.21. The van der Waals surface area contributed by atoms with Gasteiger partial charge < -0.3 is 9.84 Å². The molecule has 88 valence electrons. The Morgan fingerprint density at radius 3 is 2.81 bits per heavy atom. The summed E-state index contributed by atoms with van der Waals surface area (Å²) in [5, 5.41) is 7.52. The third-order valence-corrected chi connectivity index (χ3v) is 3.66. The summed E-state index contributed by atoms with van der Waals surface area (Å²) in [5.41, 5.74) is 0.382. The van der Waals surface area contributed by atoms with Gasteiger partial charge in [0.25, 0.3) is 0 Å². The predicted octanol–water partition coefficient (Wildman–Crippen LogP) is 1.88. The molecule has 1 aromatic rings. The van der Waals surface area contributed by atoms with Crippen molar-refractivity contribution in [2.75, 3.05) is 6.54 Å². The quantitative estimate of drug-likeness (QED) is 0.824. The summed E-state index contributed by atoms with van der Waals surface area (Å²) < 4.78 is 5.26. The molecule has 4 nitrogen and oxygen atoms in total. The average Bonchev–Trinajstić information content (AvgIpc) is 3.09. The van der Waals surface area contributed by atoms with E-state index < -0.39 is 0 Å². The maximum Gasteiger partial charge on any atom is 0.227 e. The number of aromatic nitrogens is 2. The molecular weight excluding hydrogens is 202 g/mol. The molecule has 0 radical (unpaired) electrons. The lowest BCUT2D eigenvalue weighted by atomic mass is 10.1. The Kier molecular flexibility index (Phi) is 2.28. The van der Waals surface area contributed by atoms with E-state index in [0.717, 1.165) is 30.7 Å². The smallest absolute Gasteiger partial charge is 0.227 e. The van der Waals surface area contributed by atoms with Gasteiger partial charge in [-0.3, -0.25) is 0 Å². The van der Waals surface area contributed by atoms with Crippen LogP contribution in [-0.4, -0.2) is 22.7 Å². The molecule has 2 fully saturated rings. The highest BCUT2D eigenvalue weighted by Gasteiger charge is 2.49. The summed E-state index contributed by atoms with van der Waals surface area (Å²) in [7, 11) is 0. The fourth-order valence-electron chi connectivity index (χ4n) is 2.09. The molecule has 0 amide bonds. The van der Waals surface area contributed by atoms with E-state index in [1.807, 2.05) is 0 Å². The van der Waals surface area contributed by atoms with Crippen LogP contribution < -0.4 is 5.32 Å². The van der Waals surface area contributed by atoms with Crippen molar-refractivity contribution >= 4 is 0 Å². The molecule has 16 heavy (non-hydrogen) atoms. The zero-order valence-electron chi connectivity index (χ0n) is 9.99. The first-order valence-electron chi connectivity index (χ1n) is 6.21. The molecule has 0 saturated heterocycles. The van der Waals surface area contributed by atoms with Crippen molar-refractivity contribution in [3.05, 3.63) is 11.7 Å². The van der Waals surface area contributed by atoms with Crippen LogP contribution in [-0.2, 0) is 6.42 Å². The molecular formula is C12H19N3O. The van der Waals surface area contributed by atoms with Crippen molar-refractivity contribution in [3.8, 4) is 0 Å². The molecule has 0 spiro atoms. The standard InChI is InChI=1S/C12H19N3O/c1-12(2)7-9(12)11-14-10(16-15-11)5-6-13-8-3-4-8/h8-9,13H,3-7H2,1-2H3. The van der Waals surface area contributed by atoms with E-state index >= 15 is 0 Å². The molecule has 1 aromatic heterocycles. The highest BCUT2D eigenvalue weighted by Crippen LogP contribution is 2.57. The van der Waals surface area contributed by atoms with E-state index in [1.54, 1.807) is 0 Å². The summed E-state index contributed by atoms with van der Waals surface area (Å²) in [6, 6.07) is 0.754. The van der Waals surface area contributed by atoms with Crippen molar-refractivity contribution in [2.24, 2.45) is 5.41 Å². The number of hydrogen-bond acceptors (Lipinski definition) is 4. The SMILES string of the molecule is CC1(C)CC1c1noc(CCNC2CC2)n1. The van der Waals surface area contributed by atoms with E-state index in [0.29, 0.717) is 11.3 Å². The van der Waals surface area contributed by atoms with Crippen LogP contribution in [0.5, 0.6) is 0 Å². The first kappa shape index (κ1) is 10.3. The number of nitrogens with one attached hydrogen (secondary N) is 1. The van der Waals surface area contributed by atoms with Crippen LogP contribution in [0.25, 0.3) is 0 Å². The highest BCUT2D eigenvalue weighted by molar-refractivity contribution is 5.14. The maximum absolute atomic E-state index is 5.26. The van der Waals surface area contributed by atoms with Gasteiger partial charge in [0.05, 0.1) is 0 Å². The number of rotatable bonds is 5. The summed E-state index contributed by atoms with van der Waals surface area (Å²) in [6.07, 6.45) is 4.69.